The van der Waals surface area contributed by atoms with Crippen LogP contribution in [0.2, 0.25) is 0 Å². The van der Waals surface area contributed by atoms with E-state index in [1.165, 1.54) is 12.5 Å². The summed E-state index contributed by atoms with van der Waals surface area (Å²) in [6.07, 6.45) is 0.00238. The van der Waals surface area contributed by atoms with E-state index in [9.17, 15) is 9.59 Å². The Morgan fingerprint density at radius 1 is 1.32 bits per heavy atom. The van der Waals surface area contributed by atoms with Crippen molar-refractivity contribution in [2.75, 3.05) is 5.75 Å². The van der Waals surface area contributed by atoms with Crippen LogP contribution in [0.15, 0.2) is 30.3 Å². The number of hydrogen-bond acceptors (Lipinski definition) is 4. The molecular formula is C14H19NO3S. The van der Waals surface area contributed by atoms with Gasteiger partial charge >= 0.3 is 5.97 Å². The molecule has 0 fully saturated rings. The summed E-state index contributed by atoms with van der Waals surface area (Å²) in [5, 5.41) is 8.74. The molecule has 1 aromatic carbocycles. The normalized spacial score (nSPS) is 13.8. The molecule has 0 heterocycles. The van der Waals surface area contributed by atoms with E-state index in [1.54, 1.807) is 11.8 Å². The van der Waals surface area contributed by atoms with Crippen molar-refractivity contribution in [1.82, 2.24) is 0 Å². The van der Waals surface area contributed by atoms with E-state index in [4.69, 9.17) is 10.8 Å². The molecule has 19 heavy (non-hydrogen) atoms. The lowest BCUT2D eigenvalue weighted by molar-refractivity contribution is -0.143. The van der Waals surface area contributed by atoms with E-state index < -0.39 is 17.9 Å². The number of nitrogens with two attached hydrogens (primary N) is 1. The first-order valence-corrected chi connectivity index (χ1v) is 7.29. The van der Waals surface area contributed by atoms with Gasteiger partial charge in [-0.05, 0) is 5.56 Å². The molecule has 2 atom stereocenters. The molecular weight excluding hydrogens is 262 g/mol. The first-order valence-electron chi connectivity index (χ1n) is 6.13. The summed E-state index contributed by atoms with van der Waals surface area (Å²) < 4.78 is 0. The number of carbonyl (C=O) groups is 2. The molecule has 1 rings (SSSR count). The summed E-state index contributed by atoms with van der Waals surface area (Å²) in [5.41, 5.74) is 6.95. The summed E-state index contributed by atoms with van der Waals surface area (Å²) in [6, 6.07) is 9.34. The number of ketones is 1. The van der Waals surface area contributed by atoms with Gasteiger partial charge < -0.3 is 10.8 Å². The predicted molar refractivity (Wildman–Crippen MR) is 77.0 cm³/mol. The molecule has 0 saturated heterocycles. The number of rotatable bonds is 8. The highest BCUT2D eigenvalue weighted by Crippen LogP contribution is 2.14. The van der Waals surface area contributed by atoms with Gasteiger partial charge in [0.2, 0.25) is 0 Å². The largest absolute Gasteiger partial charge is 0.481 e. The van der Waals surface area contributed by atoms with Crippen molar-refractivity contribution >= 4 is 23.5 Å². The third kappa shape index (κ3) is 5.89. The van der Waals surface area contributed by atoms with Crippen LogP contribution in [0.25, 0.3) is 0 Å². The molecule has 2 unspecified atom stereocenters. The van der Waals surface area contributed by atoms with E-state index in [0.29, 0.717) is 5.75 Å². The van der Waals surface area contributed by atoms with Crippen LogP contribution in [0.3, 0.4) is 0 Å². The molecule has 3 N–H and O–H groups in total. The minimum absolute atomic E-state index is 0.00238. The summed E-state index contributed by atoms with van der Waals surface area (Å²) >= 11 is 1.58. The average molecular weight is 281 g/mol. The first-order chi connectivity index (χ1) is 9.00. The molecule has 0 aliphatic heterocycles. The van der Waals surface area contributed by atoms with Gasteiger partial charge in [-0.15, -0.1) is 0 Å². The standard InChI is InChI=1S/C14H19NO3S/c1-10(14(17)18)7-13(16)12(15)9-19-8-11-5-3-2-4-6-11/h2-6,10,12H,7-9,15H2,1H3,(H,17,18). The molecule has 0 saturated carbocycles. The zero-order valence-electron chi connectivity index (χ0n) is 10.9. The predicted octanol–water partition coefficient (Wildman–Crippen LogP) is 1.93. The van der Waals surface area contributed by atoms with Crippen molar-refractivity contribution in [3.05, 3.63) is 35.9 Å². The molecule has 4 nitrogen and oxygen atoms in total. The molecule has 1 aromatic rings. The Bertz CT molecular complexity index is 422. The topological polar surface area (TPSA) is 80.4 Å². The number of aliphatic carboxylic acids is 1. The average Bonchev–Trinajstić information content (AvgIpc) is 2.39. The lowest BCUT2D eigenvalue weighted by atomic mass is 10.0. The monoisotopic (exact) mass is 281 g/mol. The van der Waals surface area contributed by atoms with Gasteiger partial charge in [-0.2, -0.15) is 11.8 Å². The second-order valence-corrected chi connectivity index (χ2v) is 5.55. The Hall–Kier alpha value is -1.33. The van der Waals surface area contributed by atoms with Crippen LogP contribution >= 0.6 is 11.8 Å². The van der Waals surface area contributed by atoms with Crippen LogP contribution in [-0.4, -0.2) is 28.7 Å². The number of carbonyl (C=O) groups excluding carboxylic acids is 1. The van der Waals surface area contributed by atoms with Crippen LogP contribution < -0.4 is 5.73 Å². The Balaban J connectivity index is 2.29. The SMILES string of the molecule is CC(CC(=O)C(N)CSCc1ccccc1)C(=O)O. The van der Waals surface area contributed by atoms with Crippen molar-refractivity contribution in [2.24, 2.45) is 11.7 Å². The maximum atomic E-state index is 11.7. The van der Waals surface area contributed by atoms with E-state index in [-0.39, 0.29) is 12.2 Å². The van der Waals surface area contributed by atoms with Gasteiger partial charge in [0.05, 0.1) is 12.0 Å². The second-order valence-electron chi connectivity index (χ2n) is 4.52. The highest BCUT2D eigenvalue weighted by Gasteiger charge is 2.20. The summed E-state index contributed by atoms with van der Waals surface area (Å²) in [6.45, 7) is 1.52. The quantitative estimate of drug-likeness (QED) is 0.761. The summed E-state index contributed by atoms with van der Waals surface area (Å²) in [7, 11) is 0. The summed E-state index contributed by atoms with van der Waals surface area (Å²) in [5.74, 6) is -0.498. The molecule has 0 amide bonds. The lowest BCUT2D eigenvalue weighted by Crippen LogP contribution is -2.34. The number of thioether (sulfide) groups is 1. The van der Waals surface area contributed by atoms with Gasteiger partial charge in [0.25, 0.3) is 0 Å². The Morgan fingerprint density at radius 2 is 1.95 bits per heavy atom. The molecule has 104 valence electrons. The van der Waals surface area contributed by atoms with Crippen LogP contribution in [0.1, 0.15) is 18.9 Å². The van der Waals surface area contributed by atoms with Crippen LogP contribution in [-0.2, 0) is 15.3 Å². The molecule has 0 aliphatic rings. The van der Waals surface area contributed by atoms with E-state index in [2.05, 4.69) is 0 Å². The van der Waals surface area contributed by atoms with Gasteiger partial charge in [-0.1, -0.05) is 37.3 Å². The smallest absolute Gasteiger partial charge is 0.306 e. The number of Topliss-reactive ketones (excluding diaryl/α,β-unsaturated/α-hetero) is 1. The van der Waals surface area contributed by atoms with Crippen molar-refractivity contribution in [2.45, 2.75) is 25.1 Å². The maximum Gasteiger partial charge on any atom is 0.306 e. The van der Waals surface area contributed by atoms with Crippen LogP contribution in [0.5, 0.6) is 0 Å². The highest BCUT2D eigenvalue weighted by atomic mass is 32.2. The van der Waals surface area contributed by atoms with Gasteiger partial charge in [0.1, 0.15) is 0 Å². The molecule has 0 aliphatic carbocycles. The van der Waals surface area contributed by atoms with Gasteiger partial charge in [-0.3, -0.25) is 9.59 Å². The molecule has 0 bridgehead atoms. The van der Waals surface area contributed by atoms with Crippen molar-refractivity contribution in [3.63, 3.8) is 0 Å². The second kappa shape index (κ2) is 7.96. The fourth-order valence-corrected chi connectivity index (χ4v) is 2.50. The Labute approximate surface area is 117 Å². The highest BCUT2D eigenvalue weighted by molar-refractivity contribution is 7.98. The van der Waals surface area contributed by atoms with Crippen LogP contribution in [0.4, 0.5) is 0 Å². The van der Waals surface area contributed by atoms with Gasteiger partial charge in [0, 0.05) is 17.9 Å². The molecule has 0 aromatic heterocycles. The Kier molecular flexibility index (Phi) is 6.59. The zero-order chi connectivity index (χ0) is 14.3. The van der Waals surface area contributed by atoms with E-state index >= 15 is 0 Å². The number of benzene rings is 1. The van der Waals surface area contributed by atoms with Crippen LogP contribution in [0, 0.1) is 5.92 Å². The number of carboxylic acid groups (broad SMARTS) is 1. The van der Waals surface area contributed by atoms with E-state index in [1.807, 2.05) is 30.3 Å². The zero-order valence-corrected chi connectivity index (χ0v) is 11.7. The van der Waals surface area contributed by atoms with E-state index in [0.717, 1.165) is 5.75 Å². The maximum absolute atomic E-state index is 11.7. The molecule has 5 heteroatoms. The minimum atomic E-state index is -0.961. The first kappa shape index (κ1) is 15.7. The number of hydrogen-bond donors (Lipinski definition) is 2. The van der Waals surface area contributed by atoms with Crippen molar-refractivity contribution < 1.29 is 14.7 Å². The van der Waals surface area contributed by atoms with Gasteiger partial charge in [0.15, 0.2) is 5.78 Å². The molecule has 0 radical (unpaired) electrons. The fourth-order valence-electron chi connectivity index (χ4n) is 1.51. The third-order valence-electron chi connectivity index (χ3n) is 2.75. The fraction of sp³-hybridized carbons (Fsp3) is 0.429. The number of carboxylic acids is 1. The molecule has 0 spiro atoms. The van der Waals surface area contributed by atoms with Crippen molar-refractivity contribution in [3.8, 4) is 0 Å². The van der Waals surface area contributed by atoms with Gasteiger partial charge in [-0.25, -0.2) is 0 Å². The minimum Gasteiger partial charge on any atom is -0.481 e. The lowest BCUT2D eigenvalue weighted by Gasteiger charge is -2.12. The van der Waals surface area contributed by atoms with Crippen molar-refractivity contribution in [1.29, 1.82) is 0 Å². The summed E-state index contributed by atoms with van der Waals surface area (Å²) in [4.78, 5) is 22.4. The Morgan fingerprint density at radius 3 is 2.53 bits per heavy atom. The third-order valence-corrected chi connectivity index (χ3v) is 3.88.